The van der Waals surface area contributed by atoms with Gasteiger partial charge in [0.05, 0.1) is 16.3 Å². The quantitative estimate of drug-likeness (QED) is 0.216. The van der Waals surface area contributed by atoms with Crippen LogP contribution in [-0.4, -0.2) is 43.6 Å². The molecule has 216 valence electrons. The van der Waals surface area contributed by atoms with Gasteiger partial charge >= 0.3 is 5.97 Å². The molecule has 0 saturated carbocycles. The molecule has 2 amide bonds. The average molecular weight is 595 g/mol. The van der Waals surface area contributed by atoms with Gasteiger partial charge in [-0.05, 0) is 68.0 Å². The highest BCUT2D eigenvalue weighted by Gasteiger charge is 2.24. The number of nitrogens with one attached hydrogen (secondary N) is 2. The lowest BCUT2D eigenvalue weighted by atomic mass is 10.1. The number of amides is 2. The van der Waals surface area contributed by atoms with Crippen LogP contribution in [0.25, 0.3) is 11.8 Å². The highest BCUT2D eigenvalue weighted by molar-refractivity contribution is 6.31. The zero-order chi connectivity index (χ0) is 30.4. The minimum Gasteiger partial charge on any atom is -0.456 e. The molecule has 13 heteroatoms. The number of hydrogen-bond acceptors (Lipinski definition) is 7. The van der Waals surface area contributed by atoms with Crippen molar-refractivity contribution < 1.29 is 27.9 Å². The van der Waals surface area contributed by atoms with E-state index in [4.69, 9.17) is 16.3 Å². The molecule has 0 aliphatic carbocycles. The molecule has 0 aliphatic heterocycles. The number of carbonyl (C=O) groups is 3. The molecule has 1 unspecified atom stereocenters. The first kappa shape index (κ1) is 30.0. The van der Waals surface area contributed by atoms with E-state index in [1.807, 2.05) is 0 Å². The fourth-order valence-electron chi connectivity index (χ4n) is 3.77. The lowest BCUT2D eigenvalue weighted by Gasteiger charge is -2.20. The van der Waals surface area contributed by atoms with E-state index in [1.165, 1.54) is 30.3 Å². The Labute approximate surface area is 244 Å². The maximum atomic E-state index is 14.9. The van der Waals surface area contributed by atoms with E-state index in [1.54, 1.807) is 51.1 Å². The molecular formula is C29H25ClF2N6O4. The van der Waals surface area contributed by atoms with E-state index in [0.29, 0.717) is 5.56 Å². The van der Waals surface area contributed by atoms with E-state index in [9.17, 15) is 23.2 Å². The first-order chi connectivity index (χ1) is 19.9. The fourth-order valence-corrected chi connectivity index (χ4v) is 3.93. The number of ether oxygens (including phenoxy) is 1. The lowest BCUT2D eigenvalue weighted by Crippen LogP contribution is -2.36. The molecule has 0 radical (unpaired) electrons. The summed E-state index contributed by atoms with van der Waals surface area (Å²) in [6, 6.07) is 13.4. The standard InChI is InChI=1S/C29H25ClF2N6O4/c1-29(2,3)42-28(41)19-10-9-18(15-22(19)31)35-27(40)26(17-7-5-4-6-8-17)36-24(39)14-11-20-23(38-34-16-33-37-38)13-12-21(30)25(20)32/h4-16,26H,1-3H3,(H,35,40)(H,36,39). The van der Waals surface area contributed by atoms with Gasteiger partial charge in [0.2, 0.25) is 5.91 Å². The minimum absolute atomic E-state index is 0.0431. The van der Waals surface area contributed by atoms with Gasteiger partial charge < -0.3 is 15.4 Å². The van der Waals surface area contributed by atoms with E-state index < -0.39 is 41.1 Å². The van der Waals surface area contributed by atoms with Gasteiger partial charge in [-0.1, -0.05) is 41.9 Å². The molecular weight excluding hydrogens is 570 g/mol. The Morgan fingerprint density at radius 1 is 1.05 bits per heavy atom. The smallest absolute Gasteiger partial charge is 0.341 e. The van der Waals surface area contributed by atoms with Crippen molar-refractivity contribution in [2.24, 2.45) is 0 Å². The topological polar surface area (TPSA) is 128 Å². The highest BCUT2D eigenvalue weighted by atomic mass is 35.5. The third kappa shape index (κ3) is 7.40. The summed E-state index contributed by atoms with van der Waals surface area (Å²) in [6.07, 6.45) is 3.35. The average Bonchev–Trinajstić information content (AvgIpc) is 3.47. The molecule has 0 spiro atoms. The van der Waals surface area contributed by atoms with Crippen molar-refractivity contribution in [1.82, 2.24) is 25.5 Å². The Kier molecular flexibility index (Phi) is 9.06. The van der Waals surface area contributed by atoms with Crippen LogP contribution < -0.4 is 10.6 Å². The second kappa shape index (κ2) is 12.7. The van der Waals surface area contributed by atoms with Crippen molar-refractivity contribution >= 4 is 41.1 Å². The molecule has 1 heterocycles. The summed E-state index contributed by atoms with van der Waals surface area (Å²) in [7, 11) is 0. The van der Waals surface area contributed by atoms with Crippen LogP contribution >= 0.6 is 11.6 Å². The molecule has 3 aromatic carbocycles. The van der Waals surface area contributed by atoms with Crippen LogP contribution in [-0.2, 0) is 14.3 Å². The Morgan fingerprint density at radius 3 is 2.43 bits per heavy atom. The first-order valence-electron chi connectivity index (χ1n) is 12.5. The van der Waals surface area contributed by atoms with Gasteiger partial charge in [-0.2, -0.15) is 0 Å². The van der Waals surface area contributed by atoms with Crippen molar-refractivity contribution in [3.8, 4) is 5.69 Å². The molecule has 0 bridgehead atoms. The number of nitrogens with zero attached hydrogens (tertiary/aromatic N) is 4. The van der Waals surface area contributed by atoms with Gasteiger partial charge in [0.1, 0.15) is 17.5 Å². The summed E-state index contributed by atoms with van der Waals surface area (Å²) in [5.74, 6) is -4.01. The summed E-state index contributed by atoms with van der Waals surface area (Å²) < 4.78 is 34.8. The fraction of sp³-hybridized carbons (Fsp3) is 0.172. The molecule has 1 atom stereocenters. The number of esters is 1. The van der Waals surface area contributed by atoms with Crippen molar-refractivity contribution in [3.05, 3.63) is 106 Å². The second-order valence-corrected chi connectivity index (χ2v) is 10.3. The third-order valence-electron chi connectivity index (χ3n) is 5.61. The van der Waals surface area contributed by atoms with Gasteiger partial charge in [0.25, 0.3) is 5.91 Å². The lowest BCUT2D eigenvalue weighted by molar-refractivity contribution is -0.123. The highest BCUT2D eigenvalue weighted by Crippen LogP contribution is 2.25. The van der Waals surface area contributed by atoms with Crippen LogP contribution in [0.2, 0.25) is 5.02 Å². The van der Waals surface area contributed by atoms with Crippen LogP contribution in [0, 0.1) is 11.6 Å². The molecule has 4 aromatic rings. The molecule has 1 aromatic heterocycles. The second-order valence-electron chi connectivity index (χ2n) is 9.89. The number of anilines is 1. The molecule has 42 heavy (non-hydrogen) atoms. The number of carbonyl (C=O) groups excluding carboxylic acids is 3. The van der Waals surface area contributed by atoms with Crippen molar-refractivity contribution in [3.63, 3.8) is 0 Å². The van der Waals surface area contributed by atoms with Crippen molar-refractivity contribution in [1.29, 1.82) is 0 Å². The minimum atomic E-state index is -1.22. The van der Waals surface area contributed by atoms with Crippen molar-refractivity contribution in [2.45, 2.75) is 32.4 Å². The maximum Gasteiger partial charge on any atom is 0.341 e. The van der Waals surface area contributed by atoms with Gasteiger partial charge in [0, 0.05) is 17.3 Å². The molecule has 2 N–H and O–H groups in total. The zero-order valence-electron chi connectivity index (χ0n) is 22.6. The molecule has 0 aliphatic rings. The number of hydrogen-bond donors (Lipinski definition) is 2. The van der Waals surface area contributed by atoms with E-state index in [0.717, 1.165) is 23.3 Å². The SMILES string of the molecule is CC(C)(C)OC(=O)c1ccc(NC(=O)C(NC(=O)C=Cc2c(-n3ncnn3)ccc(Cl)c2F)c2ccccc2)cc1F. The normalized spacial score (nSPS) is 12.1. The van der Waals surface area contributed by atoms with Gasteiger partial charge in [-0.25, -0.2) is 13.6 Å². The summed E-state index contributed by atoms with van der Waals surface area (Å²) in [4.78, 5) is 39.6. The third-order valence-corrected chi connectivity index (χ3v) is 5.90. The van der Waals surface area contributed by atoms with Crippen LogP contribution in [0.1, 0.15) is 48.3 Å². The summed E-state index contributed by atoms with van der Waals surface area (Å²) in [6.45, 7) is 4.97. The van der Waals surface area contributed by atoms with Crippen molar-refractivity contribution in [2.75, 3.05) is 5.32 Å². The predicted molar refractivity (Wildman–Crippen MR) is 151 cm³/mol. The van der Waals surface area contributed by atoms with Crippen LogP contribution in [0.4, 0.5) is 14.5 Å². The Morgan fingerprint density at radius 2 is 1.79 bits per heavy atom. The van der Waals surface area contributed by atoms with Crippen LogP contribution in [0.3, 0.4) is 0 Å². The van der Waals surface area contributed by atoms with E-state index in [-0.39, 0.29) is 27.5 Å². The Balaban J connectivity index is 1.55. The van der Waals surface area contributed by atoms with E-state index in [2.05, 4.69) is 26.0 Å². The van der Waals surface area contributed by atoms with Gasteiger partial charge in [-0.15, -0.1) is 15.0 Å². The largest absolute Gasteiger partial charge is 0.456 e. The number of rotatable bonds is 8. The first-order valence-corrected chi connectivity index (χ1v) is 12.9. The van der Waals surface area contributed by atoms with Gasteiger partial charge in [0.15, 0.2) is 12.1 Å². The summed E-state index contributed by atoms with van der Waals surface area (Å²) in [5, 5.41) is 16.1. The molecule has 4 rings (SSSR count). The van der Waals surface area contributed by atoms with Crippen LogP contribution in [0.5, 0.6) is 0 Å². The number of tetrazole rings is 1. The van der Waals surface area contributed by atoms with Crippen LogP contribution in [0.15, 0.2) is 73.1 Å². The maximum absolute atomic E-state index is 14.9. The Bertz CT molecular complexity index is 1640. The zero-order valence-corrected chi connectivity index (χ0v) is 23.4. The predicted octanol–water partition coefficient (Wildman–Crippen LogP) is 5.06. The monoisotopic (exact) mass is 594 g/mol. The number of halogens is 3. The molecule has 10 nitrogen and oxygen atoms in total. The molecule has 0 fully saturated rings. The molecule has 0 saturated heterocycles. The summed E-state index contributed by atoms with van der Waals surface area (Å²) >= 11 is 5.93. The number of benzene rings is 3. The Hall–Kier alpha value is -4.97. The van der Waals surface area contributed by atoms with E-state index >= 15 is 0 Å². The summed E-state index contributed by atoms with van der Waals surface area (Å²) in [5.41, 5.74) is -0.566. The number of aromatic nitrogens is 4. The van der Waals surface area contributed by atoms with Gasteiger partial charge in [-0.3, -0.25) is 9.59 Å².